The lowest BCUT2D eigenvalue weighted by molar-refractivity contribution is -0.383. The molecule has 0 saturated carbocycles. The number of hydrogen-bond donors (Lipinski definition) is 1. The largest absolute Gasteiger partial charge is 0.454 e. The molecule has 1 heterocycles. The first-order valence-corrected chi connectivity index (χ1v) is 8.61. The molecule has 2 aromatic carbocycles. The lowest BCUT2D eigenvalue weighted by Gasteiger charge is -2.05. The molecule has 29 heavy (non-hydrogen) atoms. The molecule has 0 unspecified atom stereocenters. The highest BCUT2D eigenvalue weighted by atomic mass is 16.6. The number of para-hydroxylation sites is 1. The highest BCUT2D eigenvalue weighted by molar-refractivity contribution is 6.09. The number of nitro benzene ring substituents is 1. The van der Waals surface area contributed by atoms with Crippen molar-refractivity contribution in [1.29, 1.82) is 5.26 Å². The highest BCUT2D eigenvalue weighted by Gasteiger charge is 2.19. The van der Waals surface area contributed by atoms with Gasteiger partial charge in [-0.15, -0.1) is 0 Å². The fourth-order valence-corrected chi connectivity index (χ4v) is 2.95. The Hall–Kier alpha value is -4.19. The van der Waals surface area contributed by atoms with E-state index in [9.17, 15) is 19.7 Å². The number of anilines is 1. The third-order valence-electron chi connectivity index (χ3n) is 4.35. The van der Waals surface area contributed by atoms with Gasteiger partial charge < -0.3 is 15.0 Å². The minimum absolute atomic E-state index is 0.0739. The minimum atomic E-state index is -0.866. The third kappa shape index (κ3) is 4.06. The number of nitrogen functional groups attached to an aromatic ring is 1. The minimum Gasteiger partial charge on any atom is -0.454 e. The van der Waals surface area contributed by atoms with E-state index in [0.29, 0.717) is 17.5 Å². The lowest BCUT2D eigenvalue weighted by atomic mass is 10.1. The van der Waals surface area contributed by atoms with Crippen LogP contribution in [0.25, 0.3) is 10.9 Å². The maximum Gasteiger partial charge on any atom is 0.338 e. The monoisotopic (exact) mass is 392 g/mol. The van der Waals surface area contributed by atoms with Crippen molar-refractivity contribution in [2.75, 3.05) is 12.3 Å². The van der Waals surface area contributed by atoms with Crippen LogP contribution >= 0.6 is 0 Å². The molecule has 0 aliphatic heterocycles. The first-order valence-electron chi connectivity index (χ1n) is 8.61. The summed E-state index contributed by atoms with van der Waals surface area (Å²) < 4.78 is 6.85. The summed E-state index contributed by atoms with van der Waals surface area (Å²) >= 11 is 0. The van der Waals surface area contributed by atoms with Crippen LogP contribution in [0.1, 0.15) is 27.1 Å². The number of rotatable bonds is 7. The van der Waals surface area contributed by atoms with Crippen molar-refractivity contribution in [3.05, 3.63) is 69.9 Å². The molecule has 0 spiro atoms. The molecule has 3 rings (SSSR count). The number of benzene rings is 2. The Morgan fingerprint density at radius 1 is 1.24 bits per heavy atom. The van der Waals surface area contributed by atoms with Gasteiger partial charge in [0.25, 0.3) is 5.69 Å². The normalized spacial score (nSPS) is 10.4. The number of ether oxygens (including phenoxy) is 1. The number of carbonyl (C=O) groups excluding carboxylic acids is 2. The Balaban J connectivity index is 1.78. The first-order chi connectivity index (χ1) is 13.9. The Morgan fingerprint density at radius 3 is 2.72 bits per heavy atom. The van der Waals surface area contributed by atoms with Gasteiger partial charge in [-0.2, -0.15) is 5.26 Å². The molecule has 2 N–H and O–H groups in total. The van der Waals surface area contributed by atoms with Crippen LogP contribution in [0.2, 0.25) is 0 Å². The molecule has 0 bridgehead atoms. The fourth-order valence-electron chi connectivity index (χ4n) is 2.95. The number of fused-ring (bicyclic) bond motifs is 1. The average Bonchev–Trinajstić information content (AvgIpc) is 3.09. The van der Waals surface area contributed by atoms with Gasteiger partial charge in [-0.3, -0.25) is 14.9 Å². The van der Waals surface area contributed by atoms with E-state index in [1.165, 1.54) is 12.1 Å². The number of esters is 1. The smallest absolute Gasteiger partial charge is 0.338 e. The van der Waals surface area contributed by atoms with Gasteiger partial charge in [0.2, 0.25) is 5.78 Å². The lowest BCUT2D eigenvalue weighted by Crippen LogP contribution is -2.14. The molecule has 9 heteroatoms. The van der Waals surface area contributed by atoms with Crippen molar-refractivity contribution in [3.8, 4) is 6.07 Å². The third-order valence-corrected chi connectivity index (χ3v) is 4.35. The number of nitrogens with two attached hydrogens (primary N) is 1. The predicted molar refractivity (Wildman–Crippen MR) is 104 cm³/mol. The van der Waals surface area contributed by atoms with E-state index in [2.05, 4.69) is 6.07 Å². The second kappa shape index (κ2) is 8.22. The summed E-state index contributed by atoms with van der Waals surface area (Å²) in [7, 11) is 0. The van der Waals surface area contributed by atoms with Gasteiger partial charge in [0.05, 0.1) is 23.0 Å². The van der Waals surface area contributed by atoms with Crippen molar-refractivity contribution in [2.24, 2.45) is 0 Å². The van der Waals surface area contributed by atoms with E-state index in [1.54, 1.807) is 22.9 Å². The van der Waals surface area contributed by atoms with E-state index in [-0.39, 0.29) is 17.7 Å². The van der Waals surface area contributed by atoms with Gasteiger partial charge in [0.1, 0.15) is 5.69 Å². The highest BCUT2D eigenvalue weighted by Crippen LogP contribution is 2.24. The van der Waals surface area contributed by atoms with E-state index < -0.39 is 29.0 Å². The molecule has 0 fully saturated rings. The molecular weight excluding hydrogens is 376 g/mol. The van der Waals surface area contributed by atoms with Gasteiger partial charge in [-0.1, -0.05) is 18.2 Å². The average molecular weight is 392 g/mol. The number of ketones is 1. The molecule has 0 aliphatic carbocycles. The van der Waals surface area contributed by atoms with Crippen LogP contribution in [0, 0.1) is 21.4 Å². The van der Waals surface area contributed by atoms with Crippen molar-refractivity contribution < 1.29 is 19.2 Å². The molecule has 3 aromatic rings. The van der Waals surface area contributed by atoms with Gasteiger partial charge in [0.15, 0.2) is 6.61 Å². The molecule has 0 saturated heterocycles. The number of Topliss-reactive ketones (excluding diaryl/α,β-unsaturated/α-hetero) is 1. The number of nitrogens with zero attached hydrogens (tertiary/aromatic N) is 3. The van der Waals surface area contributed by atoms with Gasteiger partial charge in [0, 0.05) is 35.3 Å². The van der Waals surface area contributed by atoms with Crippen molar-refractivity contribution in [1.82, 2.24) is 4.57 Å². The quantitative estimate of drug-likeness (QED) is 0.214. The zero-order chi connectivity index (χ0) is 21.0. The van der Waals surface area contributed by atoms with Crippen molar-refractivity contribution in [2.45, 2.75) is 13.0 Å². The zero-order valence-corrected chi connectivity index (χ0v) is 15.2. The van der Waals surface area contributed by atoms with E-state index in [4.69, 9.17) is 15.7 Å². The predicted octanol–water partition coefficient (Wildman–Crippen LogP) is 3.09. The van der Waals surface area contributed by atoms with Crippen molar-refractivity contribution in [3.63, 3.8) is 0 Å². The van der Waals surface area contributed by atoms with Crippen LogP contribution in [0.15, 0.2) is 48.7 Å². The zero-order valence-electron chi connectivity index (χ0n) is 15.2. The Labute approximate surface area is 165 Å². The van der Waals surface area contributed by atoms with Crippen LogP contribution in [0.4, 0.5) is 11.4 Å². The van der Waals surface area contributed by atoms with Gasteiger partial charge in [-0.05, 0) is 18.2 Å². The first kappa shape index (κ1) is 19.6. The fraction of sp³-hybridized carbons (Fsp3) is 0.150. The standard InChI is InChI=1S/C20H16N4O5/c21-8-3-9-23-11-15(14-4-1-2-5-17(14)23)19(25)12-29-20(26)13-6-7-16(22)18(10-13)24(27)28/h1-2,4-7,10-11H,3,9,12,22H2. The molecular formula is C20H16N4O5. The van der Waals surface area contributed by atoms with Crippen LogP contribution in [0.5, 0.6) is 0 Å². The summed E-state index contributed by atoms with van der Waals surface area (Å²) in [6.45, 7) is -0.0948. The molecule has 0 amide bonds. The summed E-state index contributed by atoms with van der Waals surface area (Å²) in [4.78, 5) is 35.1. The Morgan fingerprint density at radius 2 is 2.00 bits per heavy atom. The summed E-state index contributed by atoms with van der Waals surface area (Å²) in [5, 5.41) is 20.4. The Kier molecular flexibility index (Phi) is 5.55. The van der Waals surface area contributed by atoms with Gasteiger partial charge in [-0.25, -0.2) is 4.79 Å². The molecule has 0 atom stereocenters. The van der Waals surface area contributed by atoms with Crippen LogP contribution in [-0.4, -0.2) is 27.8 Å². The SMILES string of the molecule is N#CCCn1cc(C(=O)COC(=O)c2ccc(N)c([N+](=O)[O-])c2)c2ccccc21. The summed E-state index contributed by atoms with van der Waals surface area (Å²) in [5.74, 6) is -1.29. The maximum absolute atomic E-state index is 12.6. The Bertz CT molecular complexity index is 1160. The summed E-state index contributed by atoms with van der Waals surface area (Å²) in [5.41, 5.74) is 6.12. The number of carbonyl (C=O) groups is 2. The second-order valence-corrected chi connectivity index (χ2v) is 6.19. The van der Waals surface area contributed by atoms with E-state index in [0.717, 1.165) is 11.6 Å². The number of nitriles is 1. The number of nitro groups is 1. The number of aryl methyl sites for hydroxylation is 1. The topological polar surface area (TPSA) is 141 Å². The molecule has 0 aliphatic rings. The summed E-state index contributed by atoms with van der Waals surface area (Å²) in [6.07, 6.45) is 1.92. The molecule has 9 nitrogen and oxygen atoms in total. The number of hydrogen-bond acceptors (Lipinski definition) is 7. The molecule has 1 aromatic heterocycles. The maximum atomic E-state index is 12.6. The van der Waals surface area contributed by atoms with Crippen molar-refractivity contribution >= 4 is 34.0 Å². The van der Waals surface area contributed by atoms with Crippen LogP contribution < -0.4 is 5.73 Å². The van der Waals surface area contributed by atoms with E-state index in [1.807, 2.05) is 12.1 Å². The second-order valence-electron chi connectivity index (χ2n) is 6.19. The van der Waals surface area contributed by atoms with E-state index >= 15 is 0 Å². The summed E-state index contributed by atoms with van der Waals surface area (Å²) in [6, 6.07) is 12.8. The molecule has 146 valence electrons. The van der Waals surface area contributed by atoms with Crippen LogP contribution in [-0.2, 0) is 11.3 Å². The number of aromatic nitrogens is 1. The van der Waals surface area contributed by atoms with Crippen LogP contribution in [0.3, 0.4) is 0 Å². The molecule has 0 radical (unpaired) electrons. The van der Waals surface area contributed by atoms with Gasteiger partial charge >= 0.3 is 5.97 Å².